The zero-order chi connectivity index (χ0) is 17.8. The molecule has 128 valence electrons. The van der Waals surface area contributed by atoms with Crippen molar-refractivity contribution in [3.8, 4) is 0 Å². The Morgan fingerprint density at radius 3 is 2.36 bits per heavy atom. The number of hydrogen-bond donors (Lipinski definition) is 0. The van der Waals surface area contributed by atoms with Crippen LogP contribution in [0.25, 0.3) is 23.1 Å². The maximum absolute atomic E-state index is 4.44. The van der Waals surface area contributed by atoms with Gasteiger partial charge in [-0.05, 0) is 74.2 Å². The fraction of sp³-hybridized carbons (Fsp3) is 0.261. The van der Waals surface area contributed by atoms with Crippen LogP contribution in [0.3, 0.4) is 0 Å². The van der Waals surface area contributed by atoms with Crippen molar-refractivity contribution in [2.24, 2.45) is 0 Å². The Bertz CT molecular complexity index is 900. The highest BCUT2D eigenvalue weighted by Gasteiger charge is 2.08. The first kappa shape index (κ1) is 17.2. The third-order valence-corrected chi connectivity index (χ3v) is 4.81. The molecule has 0 aliphatic heterocycles. The van der Waals surface area contributed by atoms with E-state index in [9.17, 15) is 0 Å². The average Bonchev–Trinajstić information content (AvgIpc) is 2.64. The molecule has 0 unspecified atom stereocenters. The van der Waals surface area contributed by atoms with Gasteiger partial charge in [0.2, 0.25) is 0 Å². The minimum Gasteiger partial charge on any atom is -0.372 e. The molecule has 2 nitrogen and oxygen atoms in total. The molecule has 0 saturated carbocycles. The molecule has 0 amide bonds. The van der Waals surface area contributed by atoms with Gasteiger partial charge in [0.15, 0.2) is 0 Å². The van der Waals surface area contributed by atoms with E-state index in [0.717, 1.165) is 18.6 Å². The molecule has 0 aliphatic rings. The van der Waals surface area contributed by atoms with Crippen LogP contribution in [-0.4, -0.2) is 18.1 Å². The van der Waals surface area contributed by atoms with Gasteiger partial charge >= 0.3 is 0 Å². The summed E-state index contributed by atoms with van der Waals surface area (Å²) in [7, 11) is 0. The van der Waals surface area contributed by atoms with Crippen LogP contribution in [0.1, 0.15) is 36.1 Å². The number of benzene rings is 2. The Morgan fingerprint density at radius 2 is 1.60 bits per heavy atom. The van der Waals surface area contributed by atoms with Crippen molar-refractivity contribution in [2.45, 2.75) is 27.7 Å². The number of aromatic nitrogens is 1. The SMILES string of the molecule is CCN(CC)c1cc(C)c(/C=C/c2ccnc3ccccc23)cc1C. The van der Waals surface area contributed by atoms with Crippen molar-refractivity contribution < 1.29 is 0 Å². The van der Waals surface area contributed by atoms with Crippen molar-refractivity contribution >= 4 is 28.7 Å². The highest BCUT2D eigenvalue weighted by Crippen LogP contribution is 2.26. The molecule has 3 aromatic rings. The summed E-state index contributed by atoms with van der Waals surface area (Å²) >= 11 is 0. The molecule has 0 saturated heterocycles. The summed E-state index contributed by atoms with van der Waals surface area (Å²) < 4.78 is 0. The van der Waals surface area contributed by atoms with Gasteiger partial charge < -0.3 is 4.90 Å². The maximum Gasteiger partial charge on any atom is 0.0707 e. The molecule has 0 aliphatic carbocycles. The number of rotatable bonds is 5. The predicted molar refractivity (Wildman–Crippen MR) is 110 cm³/mol. The highest BCUT2D eigenvalue weighted by atomic mass is 15.1. The number of anilines is 1. The van der Waals surface area contributed by atoms with Crippen molar-refractivity contribution in [3.63, 3.8) is 0 Å². The fourth-order valence-corrected chi connectivity index (χ4v) is 3.35. The van der Waals surface area contributed by atoms with E-state index in [4.69, 9.17) is 0 Å². The number of nitrogens with zero attached hydrogens (tertiary/aromatic N) is 2. The molecule has 2 aromatic carbocycles. The zero-order valence-corrected chi connectivity index (χ0v) is 15.6. The van der Waals surface area contributed by atoms with Gasteiger partial charge in [0.25, 0.3) is 0 Å². The normalized spacial score (nSPS) is 11.4. The second-order valence-corrected chi connectivity index (χ2v) is 6.42. The molecule has 1 heterocycles. The molecule has 0 radical (unpaired) electrons. The summed E-state index contributed by atoms with van der Waals surface area (Å²) in [5, 5.41) is 1.19. The van der Waals surface area contributed by atoms with Crippen LogP contribution in [-0.2, 0) is 0 Å². The van der Waals surface area contributed by atoms with Crippen LogP contribution >= 0.6 is 0 Å². The summed E-state index contributed by atoms with van der Waals surface area (Å²) in [6, 6.07) is 15.0. The Morgan fingerprint density at radius 1 is 0.880 bits per heavy atom. The first-order valence-electron chi connectivity index (χ1n) is 9.02. The van der Waals surface area contributed by atoms with E-state index in [-0.39, 0.29) is 0 Å². The molecule has 25 heavy (non-hydrogen) atoms. The van der Waals surface area contributed by atoms with Gasteiger partial charge in [-0.25, -0.2) is 0 Å². The predicted octanol–water partition coefficient (Wildman–Crippen LogP) is 5.87. The van der Waals surface area contributed by atoms with Crippen molar-refractivity contribution in [1.82, 2.24) is 4.98 Å². The molecular weight excluding hydrogens is 304 g/mol. The van der Waals surface area contributed by atoms with Crippen molar-refractivity contribution in [2.75, 3.05) is 18.0 Å². The third kappa shape index (κ3) is 3.58. The van der Waals surface area contributed by atoms with Gasteiger partial charge in [0.05, 0.1) is 5.52 Å². The Labute approximate surface area is 150 Å². The van der Waals surface area contributed by atoms with E-state index in [0.29, 0.717) is 0 Å². The van der Waals surface area contributed by atoms with Gasteiger partial charge in [-0.3, -0.25) is 4.98 Å². The van der Waals surface area contributed by atoms with Crippen LogP contribution in [0.5, 0.6) is 0 Å². The molecule has 0 atom stereocenters. The second-order valence-electron chi connectivity index (χ2n) is 6.42. The Hall–Kier alpha value is -2.61. The van der Waals surface area contributed by atoms with Crippen molar-refractivity contribution in [1.29, 1.82) is 0 Å². The lowest BCUT2D eigenvalue weighted by Gasteiger charge is -2.24. The van der Waals surface area contributed by atoms with Crippen LogP contribution in [0.15, 0.2) is 48.7 Å². The minimum atomic E-state index is 1.04. The van der Waals surface area contributed by atoms with E-state index >= 15 is 0 Å². The van der Waals surface area contributed by atoms with E-state index in [1.165, 1.54) is 33.3 Å². The first-order chi connectivity index (χ1) is 12.1. The monoisotopic (exact) mass is 330 g/mol. The molecular formula is C23H26N2. The lowest BCUT2D eigenvalue weighted by molar-refractivity contribution is 0.861. The van der Waals surface area contributed by atoms with Crippen molar-refractivity contribution in [3.05, 3.63) is 70.9 Å². The molecule has 0 fully saturated rings. The Balaban J connectivity index is 1.97. The summed E-state index contributed by atoms with van der Waals surface area (Å²) in [4.78, 5) is 6.85. The summed E-state index contributed by atoms with van der Waals surface area (Å²) in [5.74, 6) is 0. The van der Waals surface area contributed by atoms with Crippen LogP contribution in [0.4, 0.5) is 5.69 Å². The number of hydrogen-bond acceptors (Lipinski definition) is 2. The number of fused-ring (bicyclic) bond motifs is 1. The second kappa shape index (κ2) is 7.52. The highest BCUT2D eigenvalue weighted by molar-refractivity contribution is 5.90. The van der Waals surface area contributed by atoms with Crippen LogP contribution in [0, 0.1) is 13.8 Å². The smallest absolute Gasteiger partial charge is 0.0707 e. The Kier molecular flexibility index (Phi) is 5.18. The summed E-state index contributed by atoms with van der Waals surface area (Å²) in [6.45, 7) is 10.9. The fourth-order valence-electron chi connectivity index (χ4n) is 3.35. The first-order valence-corrected chi connectivity index (χ1v) is 9.02. The zero-order valence-electron chi connectivity index (χ0n) is 15.6. The molecule has 3 rings (SSSR count). The molecule has 0 spiro atoms. The molecule has 0 N–H and O–H groups in total. The van der Waals surface area contributed by atoms with Gasteiger partial charge in [-0.15, -0.1) is 0 Å². The van der Waals surface area contributed by atoms with E-state index in [1.54, 1.807) is 0 Å². The molecule has 0 bridgehead atoms. The van der Waals surface area contributed by atoms with E-state index < -0.39 is 0 Å². The standard InChI is InChI=1S/C23H26N2/c1-5-25(6-2)23-16-17(3)20(15-18(23)4)12-11-19-13-14-24-22-10-8-7-9-21(19)22/h7-16H,5-6H2,1-4H3/b12-11+. The van der Waals surface area contributed by atoms with Gasteiger partial charge in [-0.2, -0.15) is 0 Å². The van der Waals surface area contributed by atoms with Crippen LogP contribution in [0.2, 0.25) is 0 Å². The molecule has 1 aromatic heterocycles. The van der Waals surface area contributed by atoms with Crippen LogP contribution < -0.4 is 4.90 Å². The number of para-hydroxylation sites is 1. The summed E-state index contributed by atoms with van der Waals surface area (Å²) in [6.07, 6.45) is 6.29. The van der Waals surface area contributed by atoms with Gasteiger partial charge in [-0.1, -0.05) is 30.4 Å². The quantitative estimate of drug-likeness (QED) is 0.582. The number of aryl methyl sites for hydroxylation is 2. The minimum absolute atomic E-state index is 1.04. The van der Waals surface area contributed by atoms with E-state index in [2.05, 4.69) is 86.1 Å². The average molecular weight is 330 g/mol. The van der Waals surface area contributed by atoms with Gasteiger partial charge in [0.1, 0.15) is 0 Å². The maximum atomic E-state index is 4.44. The lowest BCUT2D eigenvalue weighted by Crippen LogP contribution is -2.22. The van der Waals surface area contributed by atoms with Gasteiger partial charge in [0, 0.05) is 30.4 Å². The van der Waals surface area contributed by atoms with E-state index in [1.807, 2.05) is 12.3 Å². The third-order valence-electron chi connectivity index (χ3n) is 4.81. The molecule has 2 heteroatoms. The lowest BCUT2D eigenvalue weighted by atomic mass is 10.0. The summed E-state index contributed by atoms with van der Waals surface area (Å²) in [5.41, 5.74) is 7.49. The number of pyridine rings is 1. The largest absolute Gasteiger partial charge is 0.372 e. The topological polar surface area (TPSA) is 16.1 Å².